The standard InChI is InChI=1S/C25H25ClN6O3/c1-25(2,22-15-32(30-29-22)14-16-4-7-18(26)8-5-16)28-24(33)23-19(13-27-31(23)3)17-6-9-20-21(12-17)35-11-10-34-20/h4-9,12-13,15H,10-11,14H2,1-3H3,(H,28,33). The van der Waals surface area contributed by atoms with E-state index in [1.165, 1.54) is 0 Å². The zero-order valence-corrected chi connectivity index (χ0v) is 20.4. The van der Waals surface area contributed by atoms with Crippen LogP contribution in [-0.2, 0) is 19.1 Å². The minimum Gasteiger partial charge on any atom is -0.486 e. The van der Waals surface area contributed by atoms with Crippen molar-refractivity contribution < 1.29 is 14.3 Å². The van der Waals surface area contributed by atoms with Crippen molar-refractivity contribution in [2.24, 2.45) is 7.05 Å². The third-order valence-electron chi connectivity index (χ3n) is 5.87. The lowest BCUT2D eigenvalue weighted by Crippen LogP contribution is -2.42. The van der Waals surface area contributed by atoms with Gasteiger partial charge in [0.15, 0.2) is 11.5 Å². The molecule has 1 N–H and O–H groups in total. The van der Waals surface area contributed by atoms with E-state index >= 15 is 0 Å². The number of hydrogen-bond donors (Lipinski definition) is 1. The Morgan fingerprint density at radius 1 is 1.11 bits per heavy atom. The molecule has 0 atom stereocenters. The predicted octanol–water partition coefficient (Wildman–Crippen LogP) is 3.82. The first-order chi connectivity index (χ1) is 16.8. The maximum Gasteiger partial charge on any atom is 0.270 e. The summed E-state index contributed by atoms with van der Waals surface area (Å²) in [7, 11) is 1.74. The minimum absolute atomic E-state index is 0.271. The summed E-state index contributed by atoms with van der Waals surface area (Å²) in [5.41, 5.74) is 2.87. The van der Waals surface area contributed by atoms with Crippen molar-refractivity contribution in [1.82, 2.24) is 30.1 Å². The zero-order chi connectivity index (χ0) is 24.6. The van der Waals surface area contributed by atoms with Gasteiger partial charge in [0.05, 0.1) is 24.5 Å². The molecular weight excluding hydrogens is 468 g/mol. The van der Waals surface area contributed by atoms with Crippen molar-refractivity contribution in [3.05, 3.63) is 76.8 Å². The summed E-state index contributed by atoms with van der Waals surface area (Å²) in [4.78, 5) is 13.4. The lowest BCUT2D eigenvalue weighted by molar-refractivity contribution is 0.0901. The van der Waals surface area contributed by atoms with Gasteiger partial charge in [0.1, 0.15) is 24.6 Å². The van der Waals surface area contributed by atoms with Gasteiger partial charge in [-0.25, -0.2) is 4.68 Å². The van der Waals surface area contributed by atoms with Crippen molar-refractivity contribution in [3.63, 3.8) is 0 Å². The fourth-order valence-electron chi connectivity index (χ4n) is 3.97. The lowest BCUT2D eigenvalue weighted by Gasteiger charge is -2.24. The zero-order valence-electron chi connectivity index (χ0n) is 19.7. The van der Waals surface area contributed by atoms with Crippen molar-refractivity contribution in [2.45, 2.75) is 25.9 Å². The van der Waals surface area contributed by atoms with Crippen LogP contribution in [0.15, 0.2) is 54.9 Å². The topological polar surface area (TPSA) is 96.1 Å². The Morgan fingerprint density at radius 2 is 1.86 bits per heavy atom. The van der Waals surface area contributed by atoms with Gasteiger partial charge in [-0.05, 0) is 49.2 Å². The highest BCUT2D eigenvalue weighted by Gasteiger charge is 2.30. The highest BCUT2D eigenvalue weighted by molar-refractivity contribution is 6.30. The second kappa shape index (κ2) is 9.07. The molecule has 2 aromatic heterocycles. The fourth-order valence-corrected chi connectivity index (χ4v) is 4.10. The summed E-state index contributed by atoms with van der Waals surface area (Å²) < 4.78 is 14.6. The fraction of sp³-hybridized carbons (Fsp3) is 0.280. The smallest absolute Gasteiger partial charge is 0.270 e. The van der Waals surface area contributed by atoms with E-state index < -0.39 is 5.54 Å². The summed E-state index contributed by atoms with van der Waals surface area (Å²) in [5, 5.41) is 16.6. The van der Waals surface area contributed by atoms with Crippen LogP contribution in [0.1, 0.15) is 35.6 Å². The molecule has 1 aliphatic rings. The highest BCUT2D eigenvalue weighted by atomic mass is 35.5. The van der Waals surface area contributed by atoms with E-state index in [1.807, 2.05) is 62.5 Å². The Balaban J connectivity index is 1.36. The van der Waals surface area contributed by atoms with Gasteiger partial charge in [0.25, 0.3) is 5.91 Å². The molecule has 2 aromatic carbocycles. The third kappa shape index (κ3) is 4.72. The molecule has 4 aromatic rings. The number of fused-ring (bicyclic) bond motifs is 1. The number of aryl methyl sites for hydroxylation is 1. The van der Waals surface area contributed by atoms with Crippen molar-refractivity contribution in [2.75, 3.05) is 13.2 Å². The molecule has 0 radical (unpaired) electrons. The number of rotatable bonds is 6. The van der Waals surface area contributed by atoms with E-state index in [9.17, 15) is 4.79 Å². The molecule has 0 saturated heterocycles. The SMILES string of the molecule is Cn1ncc(-c2ccc3c(c2)OCCO3)c1C(=O)NC(C)(C)c1cn(Cc2ccc(Cl)cc2)nn1. The van der Waals surface area contributed by atoms with E-state index in [-0.39, 0.29) is 5.91 Å². The molecule has 10 heteroatoms. The summed E-state index contributed by atoms with van der Waals surface area (Å²) in [5.74, 6) is 1.08. The van der Waals surface area contributed by atoms with Crippen LogP contribution in [0.25, 0.3) is 11.1 Å². The molecule has 9 nitrogen and oxygen atoms in total. The molecule has 1 aliphatic heterocycles. The van der Waals surface area contributed by atoms with Gasteiger partial charge >= 0.3 is 0 Å². The molecule has 0 bridgehead atoms. The summed E-state index contributed by atoms with van der Waals surface area (Å²) in [6, 6.07) is 13.2. The number of benzene rings is 2. The van der Waals surface area contributed by atoms with Gasteiger partial charge in [0.2, 0.25) is 0 Å². The number of aromatic nitrogens is 5. The van der Waals surface area contributed by atoms with Crippen LogP contribution in [0.5, 0.6) is 11.5 Å². The molecule has 0 saturated carbocycles. The lowest BCUT2D eigenvalue weighted by atomic mass is 10.00. The van der Waals surface area contributed by atoms with Crippen molar-refractivity contribution >= 4 is 17.5 Å². The number of amides is 1. The molecule has 0 aliphatic carbocycles. The second-order valence-electron chi connectivity index (χ2n) is 8.90. The van der Waals surface area contributed by atoms with Crippen LogP contribution in [0.3, 0.4) is 0 Å². The summed E-state index contributed by atoms with van der Waals surface area (Å²) >= 11 is 5.97. The molecule has 0 fully saturated rings. The average molecular weight is 493 g/mol. The van der Waals surface area contributed by atoms with Crippen LogP contribution in [-0.4, -0.2) is 43.9 Å². The monoisotopic (exact) mass is 492 g/mol. The molecule has 3 heterocycles. The van der Waals surface area contributed by atoms with Gasteiger partial charge in [-0.2, -0.15) is 5.10 Å². The predicted molar refractivity (Wildman–Crippen MR) is 131 cm³/mol. The van der Waals surface area contributed by atoms with Crippen LogP contribution in [0.4, 0.5) is 0 Å². The molecule has 5 rings (SSSR count). The Kier molecular flexibility index (Phi) is 5.94. The van der Waals surface area contributed by atoms with Crippen molar-refractivity contribution in [3.8, 4) is 22.6 Å². The Bertz CT molecular complexity index is 1380. The highest BCUT2D eigenvalue weighted by Crippen LogP contribution is 2.35. The molecule has 180 valence electrons. The Hall–Kier alpha value is -3.85. The van der Waals surface area contributed by atoms with E-state index in [2.05, 4.69) is 20.7 Å². The average Bonchev–Trinajstić information content (AvgIpc) is 3.47. The molecule has 0 spiro atoms. The van der Waals surface area contributed by atoms with E-state index in [4.69, 9.17) is 21.1 Å². The molecular formula is C25H25ClN6O3. The number of carbonyl (C=O) groups excluding carboxylic acids is 1. The minimum atomic E-state index is -0.774. The van der Waals surface area contributed by atoms with E-state index in [0.717, 1.165) is 11.1 Å². The number of hydrogen-bond acceptors (Lipinski definition) is 6. The maximum atomic E-state index is 13.4. The summed E-state index contributed by atoms with van der Waals surface area (Å²) in [6.07, 6.45) is 3.51. The molecule has 1 amide bonds. The maximum absolute atomic E-state index is 13.4. The van der Waals surface area contributed by atoms with Gasteiger partial charge in [-0.15, -0.1) is 5.10 Å². The largest absolute Gasteiger partial charge is 0.486 e. The number of halogens is 1. The van der Waals surface area contributed by atoms with E-state index in [0.29, 0.717) is 53.2 Å². The third-order valence-corrected chi connectivity index (χ3v) is 6.12. The molecule has 35 heavy (non-hydrogen) atoms. The quantitative estimate of drug-likeness (QED) is 0.439. The number of nitrogens with zero attached hydrogens (tertiary/aromatic N) is 5. The van der Waals surface area contributed by atoms with Gasteiger partial charge in [-0.1, -0.05) is 35.0 Å². The van der Waals surface area contributed by atoms with Crippen LogP contribution in [0.2, 0.25) is 5.02 Å². The van der Waals surface area contributed by atoms with Crippen LogP contribution < -0.4 is 14.8 Å². The first-order valence-electron chi connectivity index (χ1n) is 11.2. The first kappa shape index (κ1) is 22.9. The number of carbonyl (C=O) groups is 1. The van der Waals surface area contributed by atoms with Gasteiger partial charge < -0.3 is 14.8 Å². The first-order valence-corrected chi connectivity index (χ1v) is 11.6. The van der Waals surface area contributed by atoms with Gasteiger partial charge in [0, 0.05) is 17.6 Å². The Labute approximate surface area is 207 Å². The molecule has 0 unspecified atom stereocenters. The van der Waals surface area contributed by atoms with Gasteiger partial charge in [-0.3, -0.25) is 9.48 Å². The second-order valence-corrected chi connectivity index (χ2v) is 9.33. The van der Waals surface area contributed by atoms with Crippen LogP contribution in [0, 0.1) is 0 Å². The number of nitrogens with one attached hydrogen (secondary N) is 1. The number of ether oxygens (including phenoxy) is 2. The van der Waals surface area contributed by atoms with Crippen LogP contribution >= 0.6 is 11.6 Å². The summed E-state index contributed by atoms with van der Waals surface area (Å²) in [6.45, 7) is 5.34. The van der Waals surface area contributed by atoms with Crippen molar-refractivity contribution in [1.29, 1.82) is 0 Å². The van der Waals surface area contributed by atoms with E-state index in [1.54, 1.807) is 22.6 Å². The normalized spacial score (nSPS) is 13.0. The Morgan fingerprint density at radius 3 is 2.63 bits per heavy atom.